The van der Waals surface area contributed by atoms with Crippen molar-refractivity contribution in [1.29, 1.82) is 5.26 Å². The summed E-state index contributed by atoms with van der Waals surface area (Å²) in [5.41, 5.74) is -0.574. The van der Waals surface area contributed by atoms with Crippen LogP contribution in [-0.4, -0.2) is 60.9 Å². The largest absolute Gasteiger partial charge is 0.482 e. The summed E-state index contributed by atoms with van der Waals surface area (Å²) in [6, 6.07) is 6.68. The van der Waals surface area contributed by atoms with Gasteiger partial charge >= 0.3 is 19.4 Å². The van der Waals surface area contributed by atoms with E-state index in [0.717, 1.165) is 25.0 Å². The number of likely N-dealkylation sites (tertiary alicyclic amines) is 1. The van der Waals surface area contributed by atoms with E-state index in [1.807, 2.05) is 6.07 Å². The number of alkyl carbamates (subject to hydrolysis) is 1. The van der Waals surface area contributed by atoms with Crippen LogP contribution >= 0.6 is 0 Å². The van der Waals surface area contributed by atoms with Crippen LogP contribution in [0.4, 0.5) is 18.0 Å². The standard InChI is InChI=1S/C28H35BF3N3O5/c1-26(2)19-14-21(26)27(3)22(15-19)39-29(40-27)23(13-17-6-8-18(9-7-17)28(30,31)32)34-25(37)38-20-5-4-12-35(16-20)24(36)10-11-33/h6-9,19-23H,4-5,10,12-16H2,1-3H3,(H,34,37)/t19-,20-,21-,22+,23-,27-/m0/s1. The molecule has 2 heterocycles. The van der Waals surface area contributed by atoms with Gasteiger partial charge in [-0.2, -0.15) is 18.4 Å². The summed E-state index contributed by atoms with van der Waals surface area (Å²) in [7, 11) is -0.806. The van der Waals surface area contributed by atoms with Gasteiger partial charge in [-0.05, 0) is 74.0 Å². The molecule has 5 aliphatic rings. The Morgan fingerprint density at radius 1 is 1.25 bits per heavy atom. The molecule has 3 saturated carbocycles. The van der Waals surface area contributed by atoms with Crippen molar-refractivity contribution >= 4 is 19.1 Å². The summed E-state index contributed by atoms with van der Waals surface area (Å²) in [4.78, 5) is 26.7. The van der Waals surface area contributed by atoms with Gasteiger partial charge in [-0.25, -0.2) is 4.79 Å². The smallest absolute Gasteiger partial charge is 0.444 e. The molecule has 40 heavy (non-hydrogen) atoms. The van der Waals surface area contributed by atoms with Crippen molar-refractivity contribution in [3.05, 3.63) is 35.4 Å². The highest BCUT2D eigenvalue weighted by Gasteiger charge is 2.68. The Hall–Kier alpha value is -2.78. The summed E-state index contributed by atoms with van der Waals surface area (Å²) >= 11 is 0. The number of carbonyl (C=O) groups excluding carboxylic acids is 2. The Kier molecular flexibility index (Phi) is 7.59. The van der Waals surface area contributed by atoms with Gasteiger partial charge in [0.1, 0.15) is 12.5 Å². The highest BCUT2D eigenvalue weighted by atomic mass is 19.4. The number of rotatable bonds is 6. The summed E-state index contributed by atoms with van der Waals surface area (Å²) in [5.74, 6) is -0.193. The van der Waals surface area contributed by atoms with Crippen molar-refractivity contribution in [2.75, 3.05) is 13.1 Å². The lowest BCUT2D eigenvalue weighted by Gasteiger charge is -2.64. The molecule has 2 saturated heterocycles. The zero-order valence-corrected chi connectivity index (χ0v) is 23.0. The van der Waals surface area contributed by atoms with Gasteiger partial charge in [0, 0.05) is 6.54 Å². The number of hydrogen-bond acceptors (Lipinski definition) is 6. The van der Waals surface area contributed by atoms with E-state index < -0.39 is 42.6 Å². The third-order valence-electron chi connectivity index (χ3n) is 9.57. The van der Waals surface area contributed by atoms with Gasteiger partial charge < -0.3 is 24.3 Å². The Morgan fingerprint density at radius 2 is 1.98 bits per heavy atom. The van der Waals surface area contributed by atoms with Gasteiger partial charge in [-0.15, -0.1) is 0 Å². The number of amides is 2. The first-order chi connectivity index (χ1) is 18.8. The molecule has 2 aliphatic heterocycles. The SMILES string of the molecule is CC1(C)[C@@H]2C[C@H]3OB([C@H](Cc4ccc(C(F)(F)F)cc4)NC(=O)O[C@H]4CCCN(C(=O)CC#N)C4)O[C@@]3(C)[C@H]1C2. The first-order valence-electron chi connectivity index (χ1n) is 13.9. The maximum Gasteiger partial charge on any atom is 0.482 e. The minimum Gasteiger partial charge on any atom is -0.444 e. The Morgan fingerprint density at radius 3 is 2.62 bits per heavy atom. The van der Waals surface area contributed by atoms with E-state index >= 15 is 0 Å². The molecule has 6 atom stereocenters. The second-order valence-electron chi connectivity index (χ2n) is 12.3. The summed E-state index contributed by atoms with van der Waals surface area (Å²) in [6.07, 6.45) is -2.79. The van der Waals surface area contributed by atoms with Crippen LogP contribution in [0.5, 0.6) is 0 Å². The minimum absolute atomic E-state index is 0.120. The molecular weight excluding hydrogens is 526 g/mol. The predicted molar refractivity (Wildman–Crippen MR) is 138 cm³/mol. The van der Waals surface area contributed by atoms with Crippen LogP contribution in [0.25, 0.3) is 0 Å². The average Bonchev–Trinajstić information content (AvgIpc) is 3.25. The van der Waals surface area contributed by atoms with Crippen molar-refractivity contribution in [1.82, 2.24) is 10.2 Å². The number of hydrogen-bond donors (Lipinski definition) is 1. The quantitative estimate of drug-likeness (QED) is 0.513. The summed E-state index contributed by atoms with van der Waals surface area (Å²) in [5, 5.41) is 11.7. The summed E-state index contributed by atoms with van der Waals surface area (Å²) < 4.78 is 57.9. The number of benzene rings is 1. The molecule has 2 bridgehead atoms. The molecule has 1 N–H and O–H groups in total. The monoisotopic (exact) mass is 561 g/mol. The highest BCUT2D eigenvalue weighted by Crippen LogP contribution is 2.65. The molecular formula is C28H35BF3N3O5. The Bertz CT molecular complexity index is 1170. The second-order valence-corrected chi connectivity index (χ2v) is 12.3. The van der Waals surface area contributed by atoms with Crippen molar-refractivity contribution in [2.45, 2.75) is 89.2 Å². The fourth-order valence-electron chi connectivity index (χ4n) is 7.15. The van der Waals surface area contributed by atoms with E-state index in [4.69, 9.17) is 19.3 Å². The highest BCUT2D eigenvalue weighted by molar-refractivity contribution is 6.47. The lowest BCUT2D eigenvalue weighted by atomic mass is 9.43. The van der Waals surface area contributed by atoms with Gasteiger partial charge in [0.2, 0.25) is 5.91 Å². The predicted octanol–water partition coefficient (Wildman–Crippen LogP) is 4.51. The molecule has 1 aromatic carbocycles. The second kappa shape index (κ2) is 10.6. The average molecular weight is 561 g/mol. The topological polar surface area (TPSA) is 101 Å². The van der Waals surface area contributed by atoms with Gasteiger partial charge in [-0.1, -0.05) is 26.0 Å². The van der Waals surface area contributed by atoms with E-state index in [1.165, 1.54) is 17.0 Å². The molecule has 1 aromatic rings. The van der Waals surface area contributed by atoms with Crippen LogP contribution in [0.3, 0.4) is 0 Å². The van der Waals surface area contributed by atoms with Crippen molar-refractivity contribution in [2.24, 2.45) is 17.3 Å². The van der Waals surface area contributed by atoms with Crippen LogP contribution in [0.2, 0.25) is 0 Å². The lowest BCUT2D eigenvalue weighted by Crippen LogP contribution is -2.65. The van der Waals surface area contributed by atoms with Crippen molar-refractivity contribution < 1.29 is 36.8 Å². The first kappa shape index (κ1) is 28.7. The number of nitrogens with zero attached hydrogens (tertiary/aromatic N) is 2. The Labute approximate surface area is 232 Å². The maximum absolute atomic E-state index is 13.1. The van der Waals surface area contributed by atoms with Crippen molar-refractivity contribution in [3.63, 3.8) is 0 Å². The van der Waals surface area contributed by atoms with Crippen LogP contribution in [0, 0.1) is 28.6 Å². The van der Waals surface area contributed by atoms with Crippen LogP contribution in [0.15, 0.2) is 24.3 Å². The maximum atomic E-state index is 13.1. The molecule has 0 aromatic heterocycles. The molecule has 0 unspecified atom stereocenters. The molecule has 3 aliphatic carbocycles. The molecule has 216 valence electrons. The van der Waals surface area contributed by atoms with Crippen molar-refractivity contribution in [3.8, 4) is 6.07 Å². The number of nitrogens with one attached hydrogen (secondary N) is 1. The van der Waals surface area contributed by atoms with E-state index in [1.54, 1.807) is 0 Å². The van der Waals surface area contributed by atoms with Crippen LogP contribution in [0.1, 0.15) is 64.0 Å². The lowest BCUT2D eigenvalue weighted by molar-refractivity contribution is -0.199. The normalized spacial score (nSPS) is 31.4. The number of halogens is 3. The number of ether oxygens (including phenoxy) is 1. The third-order valence-corrected chi connectivity index (χ3v) is 9.57. The molecule has 8 nitrogen and oxygen atoms in total. The number of alkyl halides is 3. The fourth-order valence-corrected chi connectivity index (χ4v) is 7.15. The minimum atomic E-state index is -4.45. The molecule has 2 amide bonds. The van der Waals surface area contributed by atoms with Gasteiger partial charge in [0.05, 0.1) is 35.8 Å². The molecule has 5 fully saturated rings. The van der Waals surface area contributed by atoms with Gasteiger partial charge in [0.15, 0.2) is 0 Å². The van der Waals surface area contributed by atoms with Gasteiger partial charge in [-0.3, -0.25) is 4.79 Å². The van der Waals surface area contributed by atoms with Crippen LogP contribution in [-0.2, 0) is 31.4 Å². The third kappa shape index (κ3) is 5.42. The molecule has 0 radical (unpaired) electrons. The number of nitriles is 1. The molecule has 6 rings (SSSR count). The summed E-state index contributed by atoms with van der Waals surface area (Å²) in [6.45, 7) is 7.25. The van der Waals surface area contributed by atoms with E-state index in [0.29, 0.717) is 36.8 Å². The number of piperidine rings is 1. The van der Waals surface area contributed by atoms with Gasteiger partial charge in [0.25, 0.3) is 0 Å². The van der Waals surface area contributed by atoms with E-state index in [-0.39, 0.29) is 36.8 Å². The van der Waals surface area contributed by atoms with E-state index in [9.17, 15) is 22.8 Å². The fraction of sp³-hybridized carbons (Fsp3) is 0.679. The molecule has 12 heteroatoms. The zero-order valence-electron chi connectivity index (χ0n) is 23.0. The molecule has 0 spiro atoms. The first-order valence-corrected chi connectivity index (χ1v) is 13.9. The zero-order chi connectivity index (χ0) is 28.9. The van der Waals surface area contributed by atoms with E-state index in [2.05, 4.69) is 26.1 Å². The van der Waals surface area contributed by atoms with Crippen LogP contribution < -0.4 is 5.32 Å². The Balaban J connectivity index is 1.30. The number of carbonyl (C=O) groups is 2.